The van der Waals surface area contributed by atoms with Gasteiger partial charge in [-0.2, -0.15) is 0 Å². The summed E-state index contributed by atoms with van der Waals surface area (Å²) in [5.74, 6) is -0.423. The molecule has 0 aliphatic rings. The first-order valence-corrected chi connectivity index (χ1v) is 10.2. The standard InChI is InChI=1S/C12H11P.C7H8O3S/c1-3-7-11(8-4-1)13-12-9-5-2-6-10-12;8-11(9,10)6-7-4-2-1-3-5-7/h1-10,13H;1-5H,6H2,(H,8,9,10). The predicted molar refractivity (Wildman–Crippen MR) is 102 cm³/mol. The maximum absolute atomic E-state index is 10.2. The second kappa shape index (κ2) is 9.33. The molecule has 3 aromatic rings. The minimum Gasteiger partial charge on any atom is -0.748 e. The summed E-state index contributed by atoms with van der Waals surface area (Å²) in [5, 5.41) is 2.90. The smallest absolute Gasteiger partial charge is 0.0988 e. The predicted octanol–water partition coefficient (Wildman–Crippen LogP) is 2.78. The molecule has 3 nitrogen and oxygen atoms in total. The molecule has 0 spiro atoms. The Balaban J connectivity index is 0.000000177. The van der Waals surface area contributed by atoms with Crippen molar-refractivity contribution in [1.29, 1.82) is 0 Å². The summed E-state index contributed by atoms with van der Waals surface area (Å²) >= 11 is 0. The van der Waals surface area contributed by atoms with Gasteiger partial charge >= 0.3 is 0 Å². The Morgan fingerprint density at radius 2 is 1.04 bits per heavy atom. The Kier molecular flexibility index (Phi) is 7.13. The van der Waals surface area contributed by atoms with E-state index in [2.05, 4.69) is 60.7 Å². The van der Waals surface area contributed by atoms with E-state index in [1.165, 1.54) is 10.6 Å². The fourth-order valence-electron chi connectivity index (χ4n) is 2.07. The molecule has 0 N–H and O–H groups in total. The summed E-state index contributed by atoms with van der Waals surface area (Å²) in [6, 6.07) is 29.7. The van der Waals surface area contributed by atoms with Gasteiger partial charge in [0, 0.05) is 0 Å². The highest BCUT2D eigenvalue weighted by atomic mass is 32.2. The van der Waals surface area contributed by atoms with Gasteiger partial charge in [0.05, 0.1) is 35.1 Å². The van der Waals surface area contributed by atoms with Gasteiger partial charge in [-0.15, -0.1) is 0 Å². The summed E-state index contributed by atoms with van der Waals surface area (Å²) in [4.78, 5) is 0. The van der Waals surface area contributed by atoms with Gasteiger partial charge in [0.15, 0.2) is 0 Å². The fraction of sp³-hybridized carbons (Fsp3) is 0.0526. The lowest BCUT2D eigenvalue weighted by molar-refractivity contribution is 0.462. The van der Waals surface area contributed by atoms with Gasteiger partial charge in [-0.25, -0.2) is 8.42 Å². The molecule has 3 rings (SSSR count). The van der Waals surface area contributed by atoms with E-state index >= 15 is 0 Å². The zero-order valence-corrected chi connectivity index (χ0v) is 15.0. The summed E-state index contributed by atoms with van der Waals surface area (Å²) < 4.78 is 30.7. The molecule has 0 amide bonds. The number of rotatable bonds is 4. The van der Waals surface area contributed by atoms with Crippen molar-refractivity contribution in [3.05, 3.63) is 96.6 Å². The zero-order chi connectivity index (χ0) is 17.3. The number of benzene rings is 3. The molecule has 24 heavy (non-hydrogen) atoms. The highest BCUT2D eigenvalue weighted by molar-refractivity contribution is 7.84. The molecule has 0 saturated carbocycles. The number of hydrogen-bond donors (Lipinski definition) is 0. The van der Waals surface area contributed by atoms with Gasteiger partial charge < -0.3 is 4.55 Å². The molecule has 0 atom stereocenters. The van der Waals surface area contributed by atoms with E-state index in [9.17, 15) is 13.0 Å². The van der Waals surface area contributed by atoms with Crippen molar-refractivity contribution in [3.8, 4) is 0 Å². The summed E-state index contributed by atoms with van der Waals surface area (Å²) in [6.07, 6.45) is 0. The zero-order valence-electron chi connectivity index (χ0n) is 13.1. The summed E-state index contributed by atoms with van der Waals surface area (Å²) in [5.41, 5.74) is 0.530. The molecular formula is C19H19O3PS. The van der Waals surface area contributed by atoms with Crippen molar-refractivity contribution >= 4 is 29.3 Å². The van der Waals surface area contributed by atoms with Gasteiger partial charge in [-0.1, -0.05) is 66.7 Å². The Labute approximate surface area is 144 Å². The van der Waals surface area contributed by atoms with Crippen molar-refractivity contribution < 1.29 is 13.0 Å². The molecule has 0 heterocycles. The van der Waals surface area contributed by atoms with Crippen LogP contribution >= 0.6 is 8.58 Å². The van der Waals surface area contributed by atoms with Crippen LogP contribution in [-0.4, -0.2) is 13.0 Å². The third-order valence-electron chi connectivity index (χ3n) is 3.12. The first kappa shape index (κ1) is 18.3. The maximum atomic E-state index is 10.2. The molecule has 5 heteroatoms. The molecule has 0 radical (unpaired) electrons. The van der Waals surface area contributed by atoms with Gasteiger partial charge in [-0.3, -0.25) is 0 Å². The van der Waals surface area contributed by atoms with Crippen LogP contribution < -0.4 is 10.6 Å². The van der Waals surface area contributed by atoms with Crippen LogP contribution in [0.3, 0.4) is 0 Å². The van der Waals surface area contributed by atoms with Crippen LogP contribution in [0.25, 0.3) is 0 Å². The van der Waals surface area contributed by atoms with Crippen LogP contribution in [0.2, 0.25) is 0 Å². The molecule has 124 valence electrons. The van der Waals surface area contributed by atoms with E-state index < -0.39 is 15.9 Å². The van der Waals surface area contributed by atoms with Crippen LogP contribution in [0.4, 0.5) is 0 Å². The van der Waals surface area contributed by atoms with E-state index in [0.717, 1.165) is 0 Å². The molecule has 0 bridgehead atoms. The first-order valence-electron chi connectivity index (χ1n) is 7.45. The largest absolute Gasteiger partial charge is 0.748 e. The van der Waals surface area contributed by atoms with Crippen molar-refractivity contribution in [2.45, 2.75) is 5.75 Å². The SMILES string of the molecule is O=S(=O)([O-])Cc1ccccc1.c1ccc([PH2+]c2ccccc2)cc1. The Bertz CT molecular complexity index is 783. The van der Waals surface area contributed by atoms with Gasteiger partial charge in [0.1, 0.15) is 0 Å². The van der Waals surface area contributed by atoms with E-state index in [4.69, 9.17) is 0 Å². The molecule has 0 aliphatic carbocycles. The van der Waals surface area contributed by atoms with Crippen LogP contribution in [0, 0.1) is 0 Å². The molecular weight excluding hydrogens is 339 g/mol. The highest BCUT2D eigenvalue weighted by Gasteiger charge is 2.00. The molecule has 0 fully saturated rings. The average Bonchev–Trinajstić information content (AvgIpc) is 2.57. The normalized spacial score (nSPS) is 10.5. The van der Waals surface area contributed by atoms with E-state index in [0.29, 0.717) is 5.56 Å². The molecule has 0 unspecified atom stereocenters. The Hall–Kier alpha value is -2.00. The Morgan fingerprint density at radius 3 is 1.42 bits per heavy atom. The molecule has 0 aliphatic heterocycles. The lowest BCUT2D eigenvalue weighted by atomic mass is 10.2. The van der Waals surface area contributed by atoms with Crippen molar-refractivity contribution in [3.63, 3.8) is 0 Å². The molecule has 0 aromatic heterocycles. The second-order valence-corrected chi connectivity index (χ2v) is 8.18. The Morgan fingerprint density at radius 1 is 0.667 bits per heavy atom. The lowest BCUT2D eigenvalue weighted by Crippen LogP contribution is -2.01. The van der Waals surface area contributed by atoms with E-state index in [1.807, 2.05) is 0 Å². The fourth-order valence-corrected chi connectivity index (χ4v) is 3.88. The van der Waals surface area contributed by atoms with Crippen molar-refractivity contribution in [2.75, 3.05) is 0 Å². The van der Waals surface area contributed by atoms with E-state index in [-0.39, 0.29) is 8.58 Å². The van der Waals surface area contributed by atoms with Gasteiger partial charge in [0.25, 0.3) is 0 Å². The monoisotopic (exact) mass is 358 g/mol. The molecule has 0 saturated heterocycles. The van der Waals surface area contributed by atoms with Gasteiger partial charge in [0.2, 0.25) is 0 Å². The third-order valence-corrected chi connectivity index (χ3v) is 5.24. The van der Waals surface area contributed by atoms with Crippen LogP contribution in [0.5, 0.6) is 0 Å². The van der Waals surface area contributed by atoms with Gasteiger partial charge in [-0.05, 0) is 29.8 Å². The van der Waals surface area contributed by atoms with E-state index in [1.54, 1.807) is 30.3 Å². The lowest BCUT2D eigenvalue weighted by Gasteiger charge is -2.05. The van der Waals surface area contributed by atoms with Crippen LogP contribution in [0.1, 0.15) is 5.56 Å². The van der Waals surface area contributed by atoms with Crippen LogP contribution in [0.15, 0.2) is 91.0 Å². The minimum atomic E-state index is -4.13. The highest BCUT2D eigenvalue weighted by Crippen LogP contribution is 2.08. The van der Waals surface area contributed by atoms with Crippen molar-refractivity contribution in [1.82, 2.24) is 0 Å². The topological polar surface area (TPSA) is 57.2 Å². The summed E-state index contributed by atoms with van der Waals surface area (Å²) in [6.45, 7) is 0. The van der Waals surface area contributed by atoms with Crippen molar-refractivity contribution in [2.24, 2.45) is 0 Å². The quantitative estimate of drug-likeness (QED) is 0.532. The third kappa shape index (κ3) is 7.51. The summed E-state index contributed by atoms with van der Waals surface area (Å²) in [7, 11) is -3.86. The second-order valence-electron chi connectivity index (χ2n) is 5.15. The maximum Gasteiger partial charge on any atom is 0.0988 e. The average molecular weight is 358 g/mol. The first-order chi connectivity index (χ1) is 11.5. The molecule has 3 aromatic carbocycles. The van der Waals surface area contributed by atoms with Crippen LogP contribution in [-0.2, 0) is 15.9 Å². The minimum absolute atomic E-state index is 0.271. The number of hydrogen-bond acceptors (Lipinski definition) is 3.